The van der Waals surface area contributed by atoms with Crippen molar-refractivity contribution in [1.29, 1.82) is 0 Å². The highest BCUT2D eigenvalue weighted by molar-refractivity contribution is 5.15. The van der Waals surface area contributed by atoms with E-state index in [0.29, 0.717) is 12.5 Å². The summed E-state index contributed by atoms with van der Waals surface area (Å²) in [7, 11) is 0. The van der Waals surface area contributed by atoms with Crippen molar-refractivity contribution in [3.05, 3.63) is 35.9 Å². The molecule has 0 amide bonds. The lowest BCUT2D eigenvalue weighted by molar-refractivity contribution is 0.267. The van der Waals surface area contributed by atoms with Crippen LogP contribution in [0.3, 0.4) is 0 Å². The molecule has 2 rings (SSSR count). The third kappa shape index (κ3) is 2.31. The van der Waals surface area contributed by atoms with Crippen LogP contribution in [-0.2, 0) is 6.42 Å². The quantitative estimate of drug-likeness (QED) is 0.746. The summed E-state index contributed by atoms with van der Waals surface area (Å²) < 4.78 is 0. The summed E-state index contributed by atoms with van der Waals surface area (Å²) in [4.78, 5) is 0. The SMILES string of the molecule is OC[C@H]1C[C@H]1CCc1ccccc1. The van der Waals surface area contributed by atoms with Crippen molar-refractivity contribution in [2.45, 2.75) is 19.3 Å². The standard InChI is InChI=1S/C12H16O/c13-9-12-8-11(12)7-6-10-4-2-1-3-5-10/h1-5,11-13H,6-9H2/t11-,12-/m1/s1. The van der Waals surface area contributed by atoms with Gasteiger partial charge in [0.05, 0.1) is 0 Å². The number of hydrogen-bond acceptors (Lipinski definition) is 1. The zero-order valence-corrected chi connectivity index (χ0v) is 7.82. The first-order valence-corrected chi connectivity index (χ1v) is 5.05. The first-order chi connectivity index (χ1) is 6.40. The fraction of sp³-hybridized carbons (Fsp3) is 0.500. The maximum Gasteiger partial charge on any atom is 0.0462 e. The molecular weight excluding hydrogens is 160 g/mol. The lowest BCUT2D eigenvalue weighted by Crippen LogP contribution is -1.91. The third-order valence-corrected chi connectivity index (χ3v) is 2.95. The summed E-state index contributed by atoms with van der Waals surface area (Å²) in [6.45, 7) is 0.388. The van der Waals surface area contributed by atoms with Gasteiger partial charge in [-0.25, -0.2) is 0 Å². The summed E-state index contributed by atoms with van der Waals surface area (Å²) in [5.41, 5.74) is 1.42. The minimum atomic E-state index is 0.388. The van der Waals surface area contributed by atoms with Gasteiger partial charge in [-0.1, -0.05) is 30.3 Å². The molecule has 1 aliphatic carbocycles. The van der Waals surface area contributed by atoms with Crippen LogP contribution in [-0.4, -0.2) is 11.7 Å². The molecule has 1 N–H and O–H groups in total. The van der Waals surface area contributed by atoms with Gasteiger partial charge in [0, 0.05) is 6.61 Å². The molecule has 13 heavy (non-hydrogen) atoms. The van der Waals surface area contributed by atoms with E-state index in [4.69, 9.17) is 5.11 Å². The van der Waals surface area contributed by atoms with Crippen LogP contribution >= 0.6 is 0 Å². The highest BCUT2D eigenvalue weighted by Gasteiger charge is 2.35. The Morgan fingerprint density at radius 2 is 1.92 bits per heavy atom. The predicted molar refractivity (Wildman–Crippen MR) is 53.4 cm³/mol. The van der Waals surface area contributed by atoms with E-state index >= 15 is 0 Å². The molecule has 1 aliphatic rings. The molecule has 70 valence electrons. The largest absolute Gasteiger partial charge is 0.396 e. The van der Waals surface area contributed by atoms with Gasteiger partial charge in [0.25, 0.3) is 0 Å². The molecule has 0 bridgehead atoms. The second-order valence-corrected chi connectivity index (χ2v) is 3.96. The zero-order chi connectivity index (χ0) is 9.10. The van der Waals surface area contributed by atoms with Gasteiger partial charge in [-0.15, -0.1) is 0 Å². The van der Waals surface area contributed by atoms with Gasteiger partial charge in [-0.2, -0.15) is 0 Å². The van der Waals surface area contributed by atoms with E-state index in [2.05, 4.69) is 30.3 Å². The van der Waals surface area contributed by atoms with Gasteiger partial charge >= 0.3 is 0 Å². The topological polar surface area (TPSA) is 20.2 Å². The smallest absolute Gasteiger partial charge is 0.0462 e. The normalized spacial score (nSPS) is 25.9. The minimum Gasteiger partial charge on any atom is -0.396 e. The Kier molecular flexibility index (Phi) is 2.65. The fourth-order valence-electron chi connectivity index (χ4n) is 1.88. The second kappa shape index (κ2) is 3.93. The van der Waals surface area contributed by atoms with E-state index < -0.39 is 0 Å². The Morgan fingerprint density at radius 3 is 2.54 bits per heavy atom. The van der Waals surface area contributed by atoms with Gasteiger partial charge in [-0.05, 0) is 36.7 Å². The van der Waals surface area contributed by atoms with Gasteiger partial charge < -0.3 is 5.11 Å². The molecule has 0 spiro atoms. The Bertz CT molecular complexity index is 255. The minimum absolute atomic E-state index is 0.388. The molecule has 1 heteroatoms. The monoisotopic (exact) mass is 176 g/mol. The molecule has 1 aromatic carbocycles. The Morgan fingerprint density at radius 1 is 1.15 bits per heavy atom. The number of aryl methyl sites for hydroxylation is 1. The number of rotatable bonds is 4. The number of aliphatic hydroxyl groups excluding tert-OH is 1. The second-order valence-electron chi connectivity index (χ2n) is 3.96. The zero-order valence-electron chi connectivity index (χ0n) is 7.82. The van der Waals surface area contributed by atoms with E-state index in [1.165, 1.54) is 24.8 Å². The van der Waals surface area contributed by atoms with Crippen LogP contribution in [0.5, 0.6) is 0 Å². The Balaban J connectivity index is 1.75. The van der Waals surface area contributed by atoms with Crippen molar-refractivity contribution in [2.24, 2.45) is 11.8 Å². The van der Waals surface area contributed by atoms with E-state index in [1.807, 2.05) is 0 Å². The summed E-state index contributed by atoms with van der Waals surface area (Å²) in [5, 5.41) is 8.87. The van der Waals surface area contributed by atoms with E-state index in [1.54, 1.807) is 0 Å². The van der Waals surface area contributed by atoms with Crippen molar-refractivity contribution in [1.82, 2.24) is 0 Å². The van der Waals surface area contributed by atoms with Crippen LogP contribution in [0.25, 0.3) is 0 Å². The maximum absolute atomic E-state index is 8.87. The number of hydrogen-bond donors (Lipinski definition) is 1. The Hall–Kier alpha value is -0.820. The highest BCUT2D eigenvalue weighted by atomic mass is 16.3. The van der Waals surface area contributed by atoms with Crippen LogP contribution in [0, 0.1) is 11.8 Å². The van der Waals surface area contributed by atoms with Crippen LogP contribution in [0.4, 0.5) is 0 Å². The van der Waals surface area contributed by atoms with Crippen LogP contribution in [0.2, 0.25) is 0 Å². The molecule has 0 heterocycles. The molecule has 0 radical (unpaired) electrons. The first-order valence-electron chi connectivity index (χ1n) is 5.05. The Labute approximate surface area is 79.4 Å². The molecule has 0 aliphatic heterocycles. The molecule has 1 aromatic rings. The van der Waals surface area contributed by atoms with Crippen LogP contribution < -0.4 is 0 Å². The molecule has 2 atom stereocenters. The molecular formula is C12H16O. The predicted octanol–water partition coefficient (Wildman–Crippen LogP) is 2.25. The molecule has 1 saturated carbocycles. The molecule has 0 aromatic heterocycles. The molecule has 0 saturated heterocycles. The van der Waals surface area contributed by atoms with Crippen molar-refractivity contribution < 1.29 is 5.11 Å². The van der Waals surface area contributed by atoms with Crippen molar-refractivity contribution in [3.63, 3.8) is 0 Å². The lowest BCUT2D eigenvalue weighted by Gasteiger charge is -1.99. The first kappa shape index (κ1) is 8.76. The summed E-state index contributed by atoms with van der Waals surface area (Å²) in [6.07, 6.45) is 3.65. The number of benzene rings is 1. The number of aliphatic hydroxyl groups is 1. The van der Waals surface area contributed by atoms with Crippen LogP contribution in [0.1, 0.15) is 18.4 Å². The van der Waals surface area contributed by atoms with Gasteiger partial charge in [-0.3, -0.25) is 0 Å². The third-order valence-electron chi connectivity index (χ3n) is 2.95. The maximum atomic E-state index is 8.87. The van der Waals surface area contributed by atoms with Gasteiger partial charge in [0.15, 0.2) is 0 Å². The van der Waals surface area contributed by atoms with Crippen molar-refractivity contribution in [2.75, 3.05) is 6.61 Å². The van der Waals surface area contributed by atoms with E-state index in [-0.39, 0.29) is 0 Å². The summed E-state index contributed by atoms with van der Waals surface area (Å²) in [6, 6.07) is 10.6. The van der Waals surface area contributed by atoms with E-state index in [9.17, 15) is 0 Å². The fourth-order valence-corrected chi connectivity index (χ4v) is 1.88. The highest BCUT2D eigenvalue weighted by Crippen LogP contribution is 2.41. The van der Waals surface area contributed by atoms with Gasteiger partial charge in [0.2, 0.25) is 0 Å². The average molecular weight is 176 g/mol. The van der Waals surface area contributed by atoms with Crippen LogP contribution in [0.15, 0.2) is 30.3 Å². The van der Waals surface area contributed by atoms with Gasteiger partial charge in [0.1, 0.15) is 0 Å². The average Bonchev–Trinajstić information content (AvgIpc) is 2.95. The molecule has 1 fully saturated rings. The van der Waals surface area contributed by atoms with Crippen molar-refractivity contribution >= 4 is 0 Å². The molecule has 0 unspecified atom stereocenters. The summed E-state index contributed by atoms with van der Waals surface area (Å²) >= 11 is 0. The van der Waals surface area contributed by atoms with Crippen molar-refractivity contribution in [3.8, 4) is 0 Å². The van der Waals surface area contributed by atoms with E-state index in [0.717, 1.165) is 5.92 Å². The lowest BCUT2D eigenvalue weighted by atomic mass is 10.1. The summed E-state index contributed by atoms with van der Waals surface area (Å²) in [5.74, 6) is 1.41. The molecule has 1 nitrogen and oxygen atoms in total.